The lowest BCUT2D eigenvalue weighted by Crippen LogP contribution is -2.46. The third-order valence-electron chi connectivity index (χ3n) is 3.41. The molecule has 0 bridgehead atoms. The van der Waals surface area contributed by atoms with Gasteiger partial charge in [0.1, 0.15) is 0 Å². The van der Waals surface area contributed by atoms with Crippen molar-refractivity contribution in [3.63, 3.8) is 0 Å². The highest BCUT2D eigenvalue weighted by molar-refractivity contribution is 5.74. The van der Waals surface area contributed by atoms with Crippen LogP contribution in [0.3, 0.4) is 0 Å². The molecular formula is C12H19F3N2O3. The average molecular weight is 296 g/mol. The molecule has 5 nitrogen and oxygen atoms in total. The lowest BCUT2D eigenvalue weighted by atomic mass is 9.94. The van der Waals surface area contributed by atoms with Gasteiger partial charge in [-0.2, -0.15) is 13.2 Å². The van der Waals surface area contributed by atoms with E-state index in [0.29, 0.717) is 25.9 Å². The van der Waals surface area contributed by atoms with Crippen molar-refractivity contribution in [3.05, 3.63) is 0 Å². The zero-order valence-corrected chi connectivity index (χ0v) is 11.3. The second kappa shape index (κ2) is 6.81. The van der Waals surface area contributed by atoms with Crippen molar-refractivity contribution < 1.29 is 27.9 Å². The average Bonchev–Trinajstić information content (AvgIpc) is 2.34. The smallest absolute Gasteiger partial charge is 0.390 e. The normalized spacial score (nSPS) is 17.1. The molecule has 0 saturated carbocycles. The molecule has 1 rings (SSSR count). The summed E-state index contributed by atoms with van der Waals surface area (Å²) in [5.41, 5.74) is 0. The molecule has 0 unspecified atom stereocenters. The Morgan fingerprint density at radius 2 is 1.85 bits per heavy atom. The Balaban J connectivity index is 2.36. The maximum absolute atomic E-state index is 12.1. The number of likely N-dealkylation sites (tertiary alicyclic amines) is 1. The van der Waals surface area contributed by atoms with Crippen LogP contribution < -0.4 is 0 Å². The number of urea groups is 1. The Kier molecular flexibility index (Phi) is 5.64. The molecule has 1 fully saturated rings. The van der Waals surface area contributed by atoms with Gasteiger partial charge in [-0.3, -0.25) is 4.79 Å². The number of amides is 2. The van der Waals surface area contributed by atoms with Crippen LogP contribution in [-0.4, -0.2) is 59.8 Å². The summed E-state index contributed by atoms with van der Waals surface area (Å²) in [5.74, 6) is -0.825. The van der Waals surface area contributed by atoms with E-state index in [2.05, 4.69) is 0 Å². The van der Waals surface area contributed by atoms with Crippen LogP contribution in [0.1, 0.15) is 25.7 Å². The Morgan fingerprint density at radius 3 is 2.30 bits per heavy atom. The van der Waals surface area contributed by atoms with Gasteiger partial charge in [0.05, 0.1) is 6.42 Å². The zero-order valence-electron chi connectivity index (χ0n) is 11.3. The molecule has 1 saturated heterocycles. The van der Waals surface area contributed by atoms with E-state index >= 15 is 0 Å². The number of hydrogen-bond donors (Lipinski definition) is 1. The Bertz CT molecular complexity index is 352. The summed E-state index contributed by atoms with van der Waals surface area (Å²) < 4.78 is 36.3. The van der Waals surface area contributed by atoms with Gasteiger partial charge in [-0.05, 0) is 18.8 Å². The number of carbonyl (C=O) groups is 2. The lowest BCUT2D eigenvalue weighted by Gasteiger charge is -2.34. The SMILES string of the molecule is CN(CCC(F)(F)F)C(=O)N1CCC(CC(=O)O)CC1. The van der Waals surface area contributed by atoms with E-state index in [1.807, 2.05) is 0 Å². The second-order valence-electron chi connectivity index (χ2n) is 5.10. The van der Waals surface area contributed by atoms with Crippen LogP contribution in [-0.2, 0) is 4.79 Å². The maximum atomic E-state index is 12.1. The van der Waals surface area contributed by atoms with Gasteiger partial charge in [-0.1, -0.05) is 0 Å². The van der Waals surface area contributed by atoms with Crippen molar-refractivity contribution in [2.75, 3.05) is 26.7 Å². The summed E-state index contributed by atoms with van der Waals surface area (Å²) in [5, 5.41) is 8.68. The van der Waals surface area contributed by atoms with E-state index < -0.39 is 24.6 Å². The van der Waals surface area contributed by atoms with Crippen molar-refractivity contribution >= 4 is 12.0 Å². The van der Waals surface area contributed by atoms with Gasteiger partial charge in [-0.15, -0.1) is 0 Å². The number of carboxylic acids is 1. The molecule has 20 heavy (non-hydrogen) atoms. The largest absolute Gasteiger partial charge is 0.481 e. The van der Waals surface area contributed by atoms with Crippen LogP contribution >= 0.6 is 0 Å². The van der Waals surface area contributed by atoms with E-state index in [9.17, 15) is 22.8 Å². The first kappa shape index (κ1) is 16.6. The maximum Gasteiger partial charge on any atom is 0.390 e. The summed E-state index contributed by atoms with van der Waals surface area (Å²) in [6.45, 7) is 0.428. The van der Waals surface area contributed by atoms with Crippen molar-refractivity contribution in [3.8, 4) is 0 Å². The van der Waals surface area contributed by atoms with E-state index in [0.717, 1.165) is 4.90 Å². The number of carboxylic acid groups (broad SMARTS) is 1. The van der Waals surface area contributed by atoms with Gasteiger partial charge in [0.25, 0.3) is 0 Å². The van der Waals surface area contributed by atoms with Gasteiger partial charge in [-0.25, -0.2) is 4.79 Å². The molecule has 0 aromatic heterocycles. The first-order valence-electron chi connectivity index (χ1n) is 6.47. The number of halogens is 3. The summed E-state index contributed by atoms with van der Waals surface area (Å²) in [6.07, 6.45) is -4.07. The predicted octanol–water partition coefficient (Wildman–Crippen LogP) is 2.18. The van der Waals surface area contributed by atoms with Crippen LogP contribution in [0.4, 0.5) is 18.0 Å². The van der Waals surface area contributed by atoms with Crippen LogP contribution in [0, 0.1) is 5.92 Å². The topological polar surface area (TPSA) is 60.9 Å². The highest BCUT2D eigenvalue weighted by atomic mass is 19.4. The number of rotatable bonds is 4. The Hall–Kier alpha value is -1.47. The quantitative estimate of drug-likeness (QED) is 0.865. The van der Waals surface area contributed by atoms with Gasteiger partial charge in [0, 0.05) is 33.1 Å². The number of carbonyl (C=O) groups excluding carboxylic acids is 1. The summed E-state index contributed by atoms with van der Waals surface area (Å²) >= 11 is 0. The Morgan fingerprint density at radius 1 is 1.30 bits per heavy atom. The van der Waals surface area contributed by atoms with Crippen LogP contribution in [0.25, 0.3) is 0 Å². The molecule has 1 aliphatic heterocycles. The summed E-state index contributed by atoms with van der Waals surface area (Å²) in [4.78, 5) is 25.0. The molecule has 1 aliphatic rings. The molecule has 1 N–H and O–H groups in total. The van der Waals surface area contributed by atoms with Crippen molar-refractivity contribution in [2.24, 2.45) is 5.92 Å². The van der Waals surface area contributed by atoms with Gasteiger partial charge in [0.15, 0.2) is 0 Å². The third kappa shape index (κ3) is 5.66. The molecule has 1 heterocycles. The fourth-order valence-corrected chi connectivity index (χ4v) is 2.21. The first-order valence-corrected chi connectivity index (χ1v) is 6.47. The zero-order chi connectivity index (χ0) is 15.3. The van der Waals surface area contributed by atoms with E-state index in [-0.39, 0.29) is 18.9 Å². The minimum atomic E-state index is -4.27. The van der Waals surface area contributed by atoms with Crippen molar-refractivity contribution in [1.82, 2.24) is 9.80 Å². The number of hydrogen-bond acceptors (Lipinski definition) is 2. The monoisotopic (exact) mass is 296 g/mol. The van der Waals surface area contributed by atoms with E-state index in [1.165, 1.54) is 11.9 Å². The van der Waals surface area contributed by atoms with Crippen molar-refractivity contribution in [2.45, 2.75) is 31.9 Å². The Labute approximate surface area is 115 Å². The number of piperidine rings is 1. The molecule has 0 atom stereocenters. The summed E-state index contributed by atoms with van der Waals surface area (Å²) in [6, 6.07) is -0.428. The molecule has 0 aliphatic carbocycles. The fraction of sp³-hybridized carbons (Fsp3) is 0.833. The highest BCUT2D eigenvalue weighted by Gasteiger charge is 2.30. The lowest BCUT2D eigenvalue weighted by molar-refractivity contribution is -0.138. The predicted molar refractivity (Wildman–Crippen MR) is 65.2 cm³/mol. The molecule has 0 aromatic carbocycles. The fourth-order valence-electron chi connectivity index (χ4n) is 2.21. The second-order valence-corrected chi connectivity index (χ2v) is 5.10. The number of alkyl halides is 3. The molecule has 0 aromatic rings. The molecule has 8 heteroatoms. The van der Waals surface area contributed by atoms with Crippen LogP contribution in [0.2, 0.25) is 0 Å². The molecule has 2 amide bonds. The first-order chi connectivity index (χ1) is 9.19. The molecular weight excluding hydrogens is 277 g/mol. The van der Waals surface area contributed by atoms with Gasteiger partial charge in [0.2, 0.25) is 0 Å². The minimum absolute atomic E-state index is 0.0389. The van der Waals surface area contributed by atoms with Gasteiger partial charge < -0.3 is 14.9 Å². The van der Waals surface area contributed by atoms with Crippen LogP contribution in [0.5, 0.6) is 0 Å². The van der Waals surface area contributed by atoms with Crippen LogP contribution in [0.15, 0.2) is 0 Å². The van der Waals surface area contributed by atoms with E-state index in [1.54, 1.807) is 0 Å². The van der Waals surface area contributed by atoms with Crippen molar-refractivity contribution in [1.29, 1.82) is 0 Å². The molecule has 0 radical (unpaired) electrons. The number of aliphatic carboxylic acids is 1. The van der Waals surface area contributed by atoms with Gasteiger partial charge >= 0.3 is 18.2 Å². The molecule has 0 spiro atoms. The standard InChI is InChI=1S/C12H19F3N2O3/c1-16(7-4-12(13,14)15)11(20)17-5-2-9(3-6-17)8-10(18)19/h9H,2-8H2,1H3,(H,18,19). The summed E-state index contributed by atoms with van der Waals surface area (Å²) in [7, 11) is 1.34. The highest BCUT2D eigenvalue weighted by Crippen LogP contribution is 2.22. The number of nitrogens with zero attached hydrogens (tertiary/aromatic N) is 2. The third-order valence-corrected chi connectivity index (χ3v) is 3.41. The molecule has 116 valence electrons. The minimum Gasteiger partial charge on any atom is -0.481 e. The van der Waals surface area contributed by atoms with E-state index in [4.69, 9.17) is 5.11 Å².